The summed E-state index contributed by atoms with van der Waals surface area (Å²) in [5.74, 6) is 0. The third kappa shape index (κ3) is 3.32. The summed E-state index contributed by atoms with van der Waals surface area (Å²) in [5, 5.41) is 3.95. The maximum Gasteiger partial charge on any atom is 0.407 e. The van der Waals surface area contributed by atoms with E-state index in [2.05, 4.69) is 5.32 Å². The Kier molecular flexibility index (Phi) is 5.20. The molecule has 1 amide bonds. The number of carbonyl (C=O) groups is 1. The van der Waals surface area contributed by atoms with Gasteiger partial charge in [-0.05, 0) is 17.7 Å². The Labute approximate surface area is 120 Å². The van der Waals surface area contributed by atoms with Gasteiger partial charge in [-0.25, -0.2) is 4.79 Å². The number of halogens is 4. The molecule has 1 aliphatic heterocycles. The van der Waals surface area contributed by atoms with E-state index in [4.69, 9.17) is 39.5 Å². The number of amides is 1. The molecule has 1 N–H and O–H groups in total. The van der Waals surface area contributed by atoms with Crippen molar-refractivity contribution in [3.05, 3.63) is 32.8 Å². The van der Waals surface area contributed by atoms with Gasteiger partial charge in [-0.15, -0.1) is 12.4 Å². The third-order valence-electron chi connectivity index (χ3n) is 2.33. The average Bonchev–Trinajstić information content (AvgIpc) is 2.23. The predicted molar refractivity (Wildman–Crippen MR) is 70.6 cm³/mol. The highest BCUT2D eigenvalue weighted by molar-refractivity contribution is 6.43. The normalized spacial score (nSPS) is 19.0. The number of hydrogen-bond acceptors (Lipinski definition) is 2. The number of rotatable bonds is 1. The molecule has 1 aromatic rings. The Morgan fingerprint density at radius 3 is 2.65 bits per heavy atom. The second kappa shape index (κ2) is 6.01. The minimum absolute atomic E-state index is 0. The SMILES string of the molecule is Cl.O=C1N[C@@H](c2cc(Cl)cc(Cl)c2Cl)CCO1. The lowest BCUT2D eigenvalue weighted by atomic mass is 10.0. The molecule has 7 heteroatoms. The minimum Gasteiger partial charge on any atom is -0.449 e. The smallest absolute Gasteiger partial charge is 0.407 e. The Bertz CT molecular complexity index is 439. The first-order chi connectivity index (χ1) is 7.58. The van der Waals surface area contributed by atoms with Crippen LogP contribution in [0.5, 0.6) is 0 Å². The molecule has 17 heavy (non-hydrogen) atoms. The van der Waals surface area contributed by atoms with E-state index in [1.165, 1.54) is 0 Å². The molecule has 2 rings (SSSR count). The monoisotopic (exact) mass is 315 g/mol. The largest absolute Gasteiger partial charge is 0.449 e. The molecule has 1 aromatic carbocycles. The van der Waals surface area contributed by atoms with Crippen molar-refractivity contribution in [2.75, 3.05) is 6.61 Å². The van der Waals surface area contributed by atoms with Crippen LogP contribution >= 0.6 is 47.2 Å². The number of alkyl carbamates (subject to hydrolysis) is 1. The summed E-state index contributed by atoms with van der Waals surface area (Å²) in [7, 11) is 0. The lowest BCUT2D eigenvalue weighted by Crippen LogP contribution is -2.35. The first kappa shape index (κ1) is 14.7. The van der Waals surface area contributed by atoms with Crippen molar-refractivity contribution in [3.63, 3.8) is 0 Å². The summed E-state index contributed by atoms with van der Waals surface area (Å²) < 4.78 is 4.77. The molecule has 0 bridgehead atoms. The predicted octanol–water partition coefficient (Wildman–Crippen LogP) is 4.24. The van der Waals surface area contributed by atoms with Gasteiger partial charge < -0.3 is 10.1 Å². The standard InChI is InChI=1S/C10H8Cl3NO2.ClH/c11-5-3-6(9(13)7(12)4-5)8-1-2-16-10(15)14-8;/h3-4,8H,1-2H2,(H,14,15);1H/t8-;/m1./s1. The molecule has 1 saturated heterocycles. The maximum atomic E-state index is 11.1. The molecule has 1 atom stereocenters. The summed E-state index contributed by atoms with van der Waals surface area (Å²) in [6.07, 6.45) is 0.186. The van der Waals surface area contributed by atoms with Crippen molar-refractivity contribution in [2.24, 2.45) is 0 Å². The van der Waals surface area contributed by atoms with E-state index in [0.29, 0.717) is 28.1 Å². The van der Waals surface area contributed by atoms with Gasteiger partial charge in [-0.1, -0.05) is 34.8 Å². The van der Waals surface area contributed by atoms with Gasteiger partial charge in [0, 0.05) is 11.4 Å². The van der Waals surface area contributed by atoms with Crippen LogP contribution in [0.1, 0.15) is 18.0 Å². The number of carbonyl (C=O) groups excluding carboxylic acids is 1. The van der Waals surface area contributed by atoms with E-state index in [9.17, 15) is 4.79 Å². The lowest BCUT2D eigenvalue weighted by molar-refractivity contribution is 0.115. The Morgan fingerprint density at radius 1 is 1.29 bits per heavy atom. The van der Waals surface area contributed by atoms with E-state index in [-0.39, 0.29) is 18.4 Å². The van der Waals surface area contributed by atoms with Crippen LogP contribution in [0.25, 0.3) is 0 Å². The molecule has 0 aliphatic carbocycles. The molecular formula is C10H9Cl4NO2. The fourth-order valence-corrected chi connectivity index (χ4v) is 2.34. The van der Waals surface area contributed by atoms with E-state index >= 15 is 0 Å². The number of cyclic esters (lactones) is 1. The van der Waals surface area contributed by atoms with Gasteiger partial charge in [0.2, 0.25) is 0 Å². The first-order valence-corrected chi connectivity index (χ1v) is 5.79. The average molecular weight is 317 g/mol. The van der Waals surface area contributed by atoms with Gasteiger partial charge in [0.1, 0.15) is 0 Å². The van der Waals surface area contributed by atoms with Crippen LogP contribution in [0.3, 0.4) is 0 Å². The van der Waals surface area contributed by atoms with Crippen LogP contribution in [-0.2, 0) is 4.74 Å². The summed E-state index contributed by atoms with van der Waals surface area (Å²) in [5.41, 5.74) is 0.718. The topological polar surface area (TPSA) is 38.3 Å². The fraction of sp³-hybridized carbons (Fsp3) is 0.300. The number of nitrogens with one attached hydrogen (secondary N) is 1. The van der Waals surface area contributed by atoms with E-state index in [1.54, 1.807) is 12.1 Å². The Balaban J connectivity index is 0.00000144. The van der Waals surface area contributed by atoms with E-state index in [0.717, 1.165) is 5.56 Å². The number of ether oxygens (including phenoxy) is 1. The fourth-order valence-electron chi connectivity index (χ4n) is 1.59. The van der Waals surface area contributed by atoms with Gasteiger partial charge in [0.05, 0.1) is 22.7 Å². The van der Waals surface area contributed by atoms with Crippen LogP contribution in [0.4, 0.5) is 4.79 Å². The maximum absolute atomic E-state index is 11.1. The molecule has 0 aromatic heterocycles. The van der Waals surface area contributed by atoms with Crippen molar-refractivity contribution in [3.8, 4) is 0 Å². The zero-order valence-electron chi connectivity index (χ0n) is 8.50. The van der Waals surface area contributed by atoms with E-state index in [1.807, 2.05) is 0 Å². The van der Waals surface area contributed by atoms with Gasteiger partial charge in [0.15, 0.2) is 0 Å². The van der Waals surface area contributed by atoms with Crippen LogP contribution in [-0.4, -0.2) is 12.7 Å². The van der Waals surface area contributed by atoms with Crippen molar-refractivity contribution in [1.29, 1.82) is 0 Å². The second-order valence-electron chi connectivity index (χ2n) is 3.41. The summed E-state index contributed by atoms with van der Waals surface area (Å²) in [6.45, 7) is 0.358. The van der Waals surface area contributed by atoms with Crippen molar-refractivity contribution in [1.82, 2.24) is 5.32 Å². The molecule has 1 heterocycles. The second-order valence-corrected chi connectivity index (χ2v) is 4.63. The van der Waals surface area contributed by atoms with Gasteiger partial charge in [-0.2, -0.15) is 0 Å². The highest BCUT2D eigenvalue weighted by Gasteiger charge is 2.24. The number of hydrogen-bond donors (Lipinski definition) is 1. The van der Waals surface area contributed by atoms with Crippen molar-refractivity contribution in [2.45, 2.75) is 12.5 Å². The van der Waals surface area contributed by atoms with Crippen LogP contribution in [0, 0.1) is 0 Å². The van der Waals surface area contributed by atoms with Crippen molar-refractivity contribution < 1.29 is 9.53 Å². The van der Waals surface area contributed by atoms with Crippen LogP contribution < -0.4 is 5.32 Å². The Hall–Kier alpha value is -0.350. The highest BCUT2D eigenvalue weighted by atomic mass is 35.5. The molecule has 94 valence electrons. The molecule has 1 fully saturated rings. The minimum atomic E-state index is -0.455. The zero-order chi connectivity index (χ0) is 11.7. The lowest BCUT2D eigenvalue weighted by Gasteiger charge is -2.24. The zero-order valence-corrected chi connectivity index (χ0v) is 11.6. The molecule has 3 nitrogen and oxygen atoms in total. The summed E-state index contributed by atoms with van der Waals surface area (Å²) in [6, 6.07) is 3.06. The Morgan fingerprint density at radius 2 is 2.00 bits per heavy atom. The van der Waals surface area contributed by atoms with Crippen LogP contribution in [0.15, 0.2) is 12.1 Å². The summed E-state index contributed by atoms with van der Waals surface area (Å²) >= 11 is 17.9. The quantitative estimate of drug-likeness (QED) is 0.787. The number of benzene rings is 1. The van der Waals surface area contributed by atoms with Gasteiger partial charge in [-0.3, -0.25) is 0 Å². The van der Waals surface area contributed by atoms with Crippen molar-refractivity contribution >= 4 is 53.3 Å². The third-order valence-corrected chi connectivity index (χ3v) is 3.36. The van der Waals surface area contributed by atoms with Gasteiger partial charge in [0.25, 0.3) is 0 Å². The molecule has 0 unspecified atom stereocenters. The first-order valence-electron chi connectivity index (χ1n) is 4.65. The molecular weight excluding hydrogens is 308 g/mol. The summed E-state index contributed by atoms with van der Waals surface area (Å²) in [4.78, 5) is 11.1. The van der Waals surface area contributed by atoms with Crippen LogP contribution in [0.2, 0.25) is 15.1 Å². The molecule has 1 aliphatic rings. The highest BCUT2D eigenvalue weighted by Crippen LogP contribution is 2.35. The van der Waals surface area contributed by atoms with Gasteiger partial charge >= 0.3 is 6.09 Å². The van der Waals surface area contributed by atoms with E-state index < -0.39 is 6.09 Å². The molecule has 0 spiro atoms. The molecule has 0 radical (unpaired) electrons. The molecule has 0 saturated carbocycles.